The summed E-state index contributed by atoms with van der Waals surface area (Å²) in [5, 5.41) is 10.8. The molecule has 0 unspecified atom stereocenters. The molecule has 1 aromatic heterocycles. The van der Waals surface area contributed by atoms with Gasteiger partial charge >= 0.3 is 0 Å². The Morgan fingerprint density at radius 2 is 1.00 bits per heavy atom. The Hall–Kier alpha value is -3.72. The summed E-state index contributed by atoms with van der Waals surface area (Å²) in [4.78, 5) is 0. The maximum Gasteiger partial charge on any atom is 0.248 e. The predicted octanol–water partition coefficient (Wildman–Crippen LogP) is 6.22. The van der Waals surface area contributed by atoms with E-state index in [1.54, 1.807) is 0 Å². The Bertz CT molecular complexity index is 1210. The van der Waals surface area contributed by atoms with Crippen molar-refractivity contribution >= 4 is 10.8 Å². The number of rotatable bonds is 3. The van der Waals surface area contributed by atoms with E-state index >= 15 is 0 Å². The molecule has 27 heavy (non-hydrogen) atoms. The van der Waals surface area contributed by atoms with Crippen molar-refractivity contribution in [1.29, 1.82) is 0 Å². The molecule has 0 bridgehead atoms. The third-order valence-corrected chi connectivity index (χ3v) is 4.66. The van der Waals surface area contributed by atoms with Crippen LogP contribution in [-0.4, -0.2) is 10.2 Å². The van der Waals surface area contributed by atoms with Crippen LogP contribution in [0.3, 0.4) is 0 Å². The molecule has 0 N–H and O–H groups in total. The second-order valence-electron chi connectivity index (χ2n) is 6.42. The number of nitrogens with zero attached hydrogens (tertiary/aromatic N) is 2. The van der Waals surface area contributed by atoms with E-state index in [9.17, 15) is 0 Å². The Kier molecular flexibility index (Phi) is 3.76. The maximum absolute atomic E-state index is 5.93. The normalized spacial score (nSPS) is 11.0. The van der Waals surface area contributed by atoms with Crippen LogP contribution < -0.4 is 0 Å². The first kappa shape index (κ1) is 15.5. The maximum atomic E-state index is 5.93. The summed E-state index contributed by atoms with van der Waals surface area (Å²) >= 11 is 0. The minimum atomic E-state index is 0.526. The zero-order chi connectivity index (χ0) is 18.1. The van der Waals surface area contributed by atoms with E-state index in [-0.39, 0.29) is 0 Å². The summed E-state index contributed by atoms with van der Waals surface area (Å²) in [5.74, 6) is 1.06. The lowest BCUT2D eigenvalue weighted by Gasteiger charge is -2.02. The van der Waals surface area contributed by atoms with Gasteiger partial charge in [-0.25, -0.2) is 0 Å². The smallest absolute Gasteiger partial charge is 0.248 e. The van der Waals surface area contributed by atoms with Crippen molar-refractivity contribution in [3.05, 3.63) is 97.1 Å². The van der Waals surface area contributed by atoms with Crippen LogP contribution in [0.4, 0.5) is 0 Å². The van der Waals surface area contributed by atoms with Crippen molar-refractivity contribution in [2.24, 2.45) is 0 Å². The minimum absolute atomic E-state index is 0.526. The van der Waals surface area contributed by atoms with E-state index in [2.05, 4.69) is 58.7 Å². The fraction of sp³-hybridized carbons (Fsp3) is 0. The van der Waals surface area contributed by atoms with Gasteiger partial charge in [-0.1, -0.05) is 72.8 Å². The van der Waals surface area contributed by atoms with Crippen LogP contribution >= 0.6 is 0 Å². The minimum Gasteiger partial charge on any atom is -0.416 e. The second kappa shape index (κ2) is 6.54. The lowest BCUT2D eigenvalue weighted by Crippen LogP contribution is -1.80. The van der Waals surface area contributed by atoms with Gasteiger partial charge in [-0.3, -0.25) is 0 Å². The molecular formula is C24H16N2O. The van der Waals surface area contributed by atoms with Gasteiger partial charge in [-0.05, 0) is 46.2 Å². The van der Waals surface area contributed by atoms with E-state index in [0.717, 1.165) is 22.1 Å². The van der Waals surface area contributed by atoms with Gasteiger partial charge in [0.25, 0.3) is 0 Å². The second-order valence-corrected chi connectivity index (χ2v) is 6.42. The fourth-order valence-corrected chi connectivity index (χ4v) is 3.21. The largest absolute Gasteiger partial charge is 0.416 e. The predicted molar refractivity (Wildman–Crippen MR) is 108 cm³/mol. The first-order valence-electron chi connectivity index (χ1n) is 8.85. The van der Waals surface area contributed by atoms with E-state index in [1.807, 2.05) is 48.5 Å². The van der Waals surface area contributed by atoms with Crippen LogP contribution in [0.1, 0.15) is 0 Å². The van der Waals surface area contributed by atoms with Gasteiger partial charge in [-0.2, -0.15) is 0 Å². The van der Waals surface area contributed by atoms with E-state index in [0.29, 0.717) is 11.8 Å². The third kappa shape index (κ3) is 3.00. The number of hydrogen-bond donors (Lipinski definition) is 0. The van der Waals surface area contributed by atoms with Crippen LogP contribution in [-0.2, 0) is 0 Å². The highest BCUT2D eigenvalue weighted by Gasteiger charge is 2.11. The molecule has 0 fully saturated rings. The average molecular weight is 348 g/mol. The molecule has 0 amide bonds. The Morgan fingerprint density at radius 3 is 1.78 bits per heavy atom. The standard InChI is InChI=1S/C24H16N2O/c1-2-6-17(7-3-1)19-10-13-20(14-11-19)23-25-26-24(27-23)22-15-12-18-8-4-5-9-21(18)16-22/h1-16H. The highest BCUT2D eigenvalue weighted by atomic mass is 16.4. The zero-order valence-corrected chi connectivity index (χ0v) is 14.5. The SMILES string of the molecule is c1ccc(-c2ccc(-c3nnc(-c4ccc5ccccc5c4)o3)cc2)cc1. The molecular weight excluding hydrogens is 332 g/mol. The molecule has 0 aliphatic carbocycles. The van der Waals surface area contributed by atoms with Crippen molar-refractivity contribution in [1.82, 2.24) is 10.2 Å². The summed E-state index contributed by atoms with van der Waals surface area (Å²) < 4.78 is 5.93. The van der Waals surface area contributed by atoms with Crippen molar-refractivity contribution in [2.75, 3.05) is 0 Å². The highest BCUT2D eigenvalue weighted by molar-refractivity contribution is 5.86. The topological polar surface area (TPSA) is 38.9 Å². The van der Waals surface area contributed by atoms with Crippen LogP contribution in [0.2, 0.25) is 0 Å². The molecule has 0 spiro atoms. The third-order valence-electron chi connectivity index (χ3n) is 4.66. The molecule has 4 aromatic carbocycles. The molecule has 1 heterocycles. The Balaban J connectivity index is 1.46. The Labute approximate surface area is 156 Å². The van der Waals surface area contributed by atoms with Crippen molar-refractivity contribution in [3.8, 4) is 34.0 Å². The number of aromatic nitrogens is 2. The van der Waals surface area contributed by atoms with Crippen LogP contribution in [0, 0.1) is 0 Å². The molecule has 3 nitrogen and oxygen atoms in total. The average Bonchev–Trinajstić information content (AvgIpc) is 3.24. The van der Waals surface area contributed by atoms with Crippen LogP contribution in [0.5, 0.6) is 0 Å². The first-order valence-corrected chi connectivity index (χ1v) is 8.85. The van der Waals surface area contributed by atoms with Gasteiger partial charge in [0.1, 0.15) is 0 Å². The molecule has 5 aromatic rings. The van der Waals surface area contributed by atoms with Gasteiger partial charge in [0.2, 0.25) is 11.8 Å². The molecule has 0 saturated heterocycles. The zero-order valence-electron chi connectivity index (χ0n) is 14.5. The van der Waals surface area contributed by atoms with E-state index in [4.69, 9.17) is 4.42 Å². The van der Waals surface area contributed by atoms with Gasteiger partial charge in [0, 0.05) is 11.1 Å². The van der Waals surface area contributed by atoms with Crippen molar-refractivity contribution in [3.63, 3.8) is 0 Å². The molecule has 0 aliphatic rings. The lowest BCUT2D eigenvalue weighted by molar-refractivity contribution is 0.584. The van der Waals surface area contributed by atoms with Gasteiger partial charge < -0.3 is 4.42 Å². The molecule has 0 saturated carbocycles. The van der Waals surface area contributed by atoms with Crippen molar-refractivity contribution < 1.29 is 4.42 Å². The molecule has 0 atom stereocenters. The van der Waals surface area contributed by atoms with Gasteiger partial charge in [0.05, 0.1) is 0 Å². The Morgan fingerprint density at radius 1 is 0.444 bits per heavy atom. The van der Waals surface area contributed by atoms with Gasteiger partial charge in [0.15, 0.2) is 0 Å². The summed E-state index contributed by atoms with van der Waals surface area (Å²) in [7, 11) is 0. The van der Waals surface area contributed by atoms with E-state index in [1.165, 1.54) is 10.9 Å². The number of fused-ring (bicyclic) bond motifs is 1. The van der Waals surface area contributed by atoms with Crippen LogP contribution in [0.25, 0.3) is 44.8 Å². The molecule has 128 valence electrons. The molecule has 0 aliphatic heterocycles. The summed E-state index contributed by atoms with van der Waals surface area (Å²) in [6.07, 6.45) is 0. The summed E-state index contributed by atoms with van der Waals surface area (Å²) in [6.45, 7) is 0. The van der Waals surface area contributed by atoms with E-state index < -0.39 is 0 Å². The summed E-state index contributed by atoms with van der Waals surface area (Å²) in [5.41, 5.74) is 4.18. The molecule has 0 radical (unpaired) electrons. The molecule has 5 rings (SSSR count). The first-order chi connectivity index (χ1) is 13.4. The fourth-order valence-electron chi connectivity index (χ4n) is 3.21. The lowest BCUT2D eigenvalue weighted by atomic mass is 10.0. The molecule has 3 heteroatoms. The van der Waals surface area contributed by atoms with Crippen LogP contribution in [0.15, 0.2) is 101 Å². The van der Waals surface area contributed by atoms with Gasteiger partial charge in [-0.15, -0.1) is 10.2 Å². The summed E-state index contributed by atoms with van der Waals surface area (Å²) in [6, 6.07) is 32.9. The number of hydrogen-bond acceptors (Lipinski definition) is 3. The quantitative estimate of drug-likeness (QED) is 0.388. The number of benzene rings is 4. The monoisotopic (exact) mass is 348 g/mol. The van der Waals surface area contributed by atoms with Crippen molar-refractivity contribution in [2.45, 2.75) is 0 Å². The highest BCUT2D eigenvalue weighted by Crippen LogP contribution is 2.28.